The maximum Gasteiger partial charge on any atom is 0.263 e. The molecular formula is C20H29N3O3S2. The summed E-state index contributed by atoms with van der Waals surface area (Å²) in [6.45, 7) is 13.1. The lowest BCUT2D eigenvalue weighted by molar-refractivity contribution is -0.123. The Bertz CT molecular complexity index is 958. The summed E-state index contributed by atoms with van der Waals surface area (Å²) in [7, 11) is 0. The van der Waals surface area contributed by atoms with Gasteiger partial charge in [0.05, 0.1) is 5.39 Å². The second-order valence-electron chi connectivity index (χ2n) is 8.04. The van der Waals surface area contributed by atoms with Crippen LogP contribution < -0.4 is 10.9 Å². The van der Waals surface area contributed by atoms with Gasteiger partial charge in [-0.25, -0.2) is 4.98 Å². The van der Waals surface area contributed by atoms with E-state index in [4.69, 9.17) is 4.98 Å². The molecule has 2 aromatic heterocycles. The molecule has 1 amide bonds. The number of hydrogen-bond donors (Lipinski definition) is 1. The molecule has 154 valence electrons. The Morgan fingerprint density at radius 3 is 2.50 bits per heavy atom. The monoisotopic (exact) mass is 423 g/mol. The van der Waals surface area contributed by atoms with Crippen LogP contribution in [0.25, 0.3) is 10.2 Å². The van der Waals surface area contributed by atoms with E-state index in [1.165, 1.54) is 30.0 Å². The average Bonchev–Trinajstić information content (AvgIpc) is 2.79. The number of amides is 1. The Morgan fingerprint density at radius 1 is 1.29 bits per heavy atom. The highest BCUT2D eigenvalue weighted by molar-refractivity contribution is 7.99. The first-order valence-corrected chi connectivity index (χ1v) is 11.2. The molecule has 0 atom stereocenters. The van der Waals surface area contributed by atoms with Gasteiger partial charge in [-0.15, -0.1) is 11.3 Å². The van der Waals surface area contributed by atoms with Crippen molar-refractivity contribution < 1.29 is 9.59 Å². The van der Waals surface area contributed by atoms with Crippen LogP contribution in [0, 0.1) is 13.8 Å². The van der Waals surface area contributed by atoms with Crippen LogP contribution >= 0.6 is 23.1 Å². The molecule has 2 heterocycles. The minimum Gasteiger partial charge on any atom is -0.351 e. The van der Waals surface area contributed by atoms with Crippen LogP contribution in [0.3, 0.4) is 0 Å². The fourth-order valence-electron chi connectivity index (χ4n) is 3.19. The summed E-state index contributed by atoms with van der Waals surface area (Å²) in [6.07, 6.45) is 0.592. The Labute approximate surface area is 174 Å². The van der Waals surface area contributed by atoms with Crippen molar-refractivity contribution in [1.29, 1.82) is 0 Å². The first kappa shape index (κ1) is 22.6. The molecule has 0 aliphatic heterocycles. The number of thiophene rings is 1. The second-order valence-corrected chi connectivity index (χ2v) is 10.3. The van der Waals surface area contributed by atoms with Crippen LogP contribution in [0.1, 0.15) is 63.9 Å². The zero-order chi connectivity index (χ0) is 21.2. The van der Waals surface area contributed by atoms with E-state index in [0.29, 0.717) is 29.1 Å². The van der Waals surface area contributed by atoms with Crippen molar-refractivity contribution in [1.82, 2.24) is 14.9 Å². The van der Waals surface area contributed by atoms with Gasteiger partial charge in [-0.05, 0) is 54.0 Å². The van der Waals surface area contributed by atoms with E-state index < -0.39 is 5.54 Å². The molecular weight excluding hydrogens is 394 g/mol. The number of Topliss-reactive ketones (excluding diaryl/α,β-unsaturated/α-hetero) is 1. The van der Waals surface area contributed by atoms with Crippen LogP contribution in [-0.2, 0) is 9.59 Å². The molecule has 0 saturated carbocycles. The maximum atomic E-state index is 13.0. The van der Waals surface area contributed by atoms with Gasteiger partial charge in [0, 0.05) is 35.1 Å². The number of aromatic nitrogens is 2. The molecule has 0 aromatic carbocycles. The van der Waals surface area contributed by atoms with Gasteiger partial charge in [-0.3, -0.25) is 19.0 Å². The number of thioether (sulfide) groups is 1. The van der Waals surface area contributed by atoms with Gasteiger partial charge in [0.2, 0.25) is 5.91 Å². The van der Waals surface area contributed by atoms with Gasteiger partial charge in [-0.1, -0.05) is 11.8 Å². The fraction of sp³-hybridized carbons (Fsp3) is 0.600. The third-order valence-electron chi connectivity index (χ3n) is 4.45. The summed E-state index contributed by atoms with van der Waals surface area (Å²) in [5.41, 5.74) is 0.420. The van der Waals surface area contributed by atoms with Crippen LogP contribution in [-0.4, -0.2) is 32.5 Å². The number of carbonyl (C=O) groups excluding carboxylic acids is 2. The van der Waals surface area contributed by atoms with Gasteiger partial charge >= 0.3 is 0 Å². The zero-order valence-electron chi connectivity index (χ0n) is 17.6. The Morgan fingerprint density at radius 2 is 1.93 bits per heavy atom. The molecule has 2 rings (SSSR count). The second kappa shape index (κ2) is 8.78. The van der Waals surface area contributed by atoms with E-state index in [1.54, 1.807) is 4.57 Å². The molecule has 28 heavy (non-hydrogen) atoms. The molecule has 0 bridgehead atoms. The Kier molecular flexibility index (Phi) is 7.09. The normalized spacial score (nSPS) is 12.0. The topological polar surface area (TPSA) is 81.1 Å². The molecule has 6 nitrogen and oxygen atoms in total. The van der Waals surface area contributed by atoms with Crippen molar-refractivity contribution in [2.45, 2.75) is 78.0 Å². The molecule has 0 radical (unpaired) electrons. The van der Waals surface area contributed by atoms with Crippen molar-refractivity contribution in [2.75, 3.05) is 5.75 Å². The van der Waals surface area contributed by atoms with Gasteiger partial charge in [-0.2, -0.15) is 0 Å². The van der Waals surface area contributed by atoms with Crippen molar-refractivity contribution in [3.05, 3.63) is 20.8 Å². The Balaban J connectivity index is 2.16. The van der Waals surface area contributed by atoms with Crippen molar-refractivity contribution in [3.8, 4) is 0 Å². The van der Waals surface area contributed by atoms with E-state index in [-0.39, 0.29) is 23.3 Å². The molecule has 0 spiro atoms. The zero-order valence-corrected chi connectivity index (χ0v) is 19.3. The number of nitrogens with zero attached hydrogens (tertiary/aromatic N) is 2. The summed E-state index contributed by atoms with van der Waals surface area (Å²) >= 11 is 2.95. The highest BCUT2D eigenvalue weighted by atomic mass is 32.2. The number of fused-ring (bicyclic) bond motifs is 1. The third kappa shape index (κ3) is 5.23. The number of nitrogens with one attached hydrogen (secondary N) is 1. The molecule has 1 N–H and O–H groups in total. The average molecular weight is 424 g/mol. The SMILES string of the molecule is CC(=O)CC(C)(C)NC(=O)CCSc1nc2sc(C)c(C)c2c(=O)n1C(C)C. The van der Waals surface area contributed by atoms with Gasteiger partial charge in [0.25, 0.3) is 5.56 Å². The maximum absolute atomic E-state index is 13.0. The predicted molar refractivity (Wildman–Crippen MR) is 117 cm³/mol. The quantitative estimate of drug-likeness (QED) is 0.512. The van der Waals surface area contributed by atoms with Crippen LogP contribution in [0.5, 0.6) is 0 Å². The number of aryl methyl sites for hydroxylation is 2. The summed E-state index contributed by atoms with van der Waals surface area (Å²) < 4.78 is 1.71. The van der Waals surface area contributed by atoms with E-state index in [1.807, 2.05) is 41.5 Å². The molecule has 0 fully saturated rings. The molecule has 8 heteroatoms. The van der Waals surface area contributed by atoms with E-state index in [0.717, 1.165) is 15.3 Å². The third-order valence-corrected chi connectivity index (χ3v) is 6.50. The lowest BCUT2D eigenvalue weighted by Crippen LogP contribution is -2.44. The molecule has 0 saturated heterocycles. The Hall–Kier alpha value is -1.67. The molecule has 0 aliphatic rings. The van der Waals surface area contributed by atoms with E-state index in [9.17, 15) is 14.4 Å². The van der Waals surface area contributed by atoms with Crippen LogP contribution in [0.2, 0.25) is 0 Å². The minimum absolute atomic E-state index is 0.0172. The molecule has 0 aliphatic carbocycles. The van der Waals surface area contributed by atoms with E-state index in [2.05, 4.69) is 5.32 Å². The van der Waals surface area contributed by atoms with Crippen LogP contribution in [0.4, 0.5) is 0 Å². The fourth-order valence-corrected chi connectivity index (χ4v) is 5.32. The van der Waals surface area contributed by atoms with Crippen molar-refractivity contribution >= 4 is 45.0 Å². The van der Waals surface area contributed by atoms with Crippen molar-refractivity contribution in [2.24, 2.45) is 0 Å². The summed E-state index contributed by atoms with van der Waals surface area (Å²) in [6, 6.07) is -0.0187. The van der Waals surface area contributed by atoms with Gasteiger partial charge in [0.15, 0.2) is 5.16 Å². The highest BCUT2D eigenvalue weighted by Gasteiger charge is 2.23. The van der Waals surface area contributed by atoms with Gasteiger partial charge in [0.1, 0.15) is 10.6 Å². The lowest BCUT2D eigenvalue weighted by Gasteiger charge is -2.25. The number of hydrogen-bond acceptors (Lipinski definition) is 6. The number of rotatable bonds is 8. The van der Waals surface area contributed by atoms with Crippen molar-refractivity contribution in [3.63, 3.8) is 0 Å². The van der Waals surface area contributed by atoms with Gasteiger partial charge < -0.3 is 5.32 Å². The number of ketones is 1. The predicted octanol–water partition coefficient (Wildman–Crippen LogP) is 4.01. The molecule has 2 aromatic rings. The summed E-state index contributed by atoms with van der Waals surface area (Å²) in [5, 5.41) is 4.24. The first-order valence-electron chi connectivity index (χ1n) is 9.38. The van der Waals surface area contributed by atoms with E-state index >= 15 is 0 Å². The smallest absolute Gasteiger partial charge is 0.263 e. The summed E-state index contributed by atoms with van der Waals surface area (Å²) in [5.74, 6) is 0.441. The standard InChI is InChI=1S/C20H29N3O3S2/c1-11(2)23-18(26)16-13(4)14(5)28-17(16)21-19(23)27-9-8-15(25)22-20(6,7)10-12(3)24/h11H,8-10H2,1-7H3,(H,22,25). The lowest BCUT2D eigenvalue weighted by atomic mass is 9.98. The summed E-state index contributed by atoms with van der Waals surface area (Å²) in [4.78, 5) is 43.2. The highest BCUT2D eigenvalue weighted by Crippen LogP contribution is 2.29. The minimum atomic E-state index is -0.559. The molecule has 0 unspecified atom stereocenters. The number of carbonyl (C=O) groups is 2. The largest absolute Gasteiger partial charge is 0.351 e. The first-order chi connectivity index (χ1) is 12.9. The van der Waals surface area contributed by atoms with Crippen LogP contribution in [0.15, 0.2) is 9.95 Å².